The Morgan fingerprint density at radius 3 is 2.87 bits per heavy atom. The number of benzene rings is 1. The van der Waals surface area contributed by atoms with Crippen LogP contribution in [0.4, 0.5) is 0 Å². The Bertz CT molecular complexity index is 850. The zero-order valence-corrected chi connectivity index (χ0v) is 18.2. The minimum Gasteiger partial charge on any atom is -0.493 e. The van der Waals surface area contributed by atoms with Gasteiger partial charge >= 0.3 is 0 Å². The molecule has 0 radical (unpaired) electrons. The van der Waals surface area contributed by atoms with E-state index in [0.29, 0.717) is 50.1 Å². The summed E-state index contributed by atoms with van der Waals surface area (Å²) in [6.45, 7) is 5.77. The highest BCUT2D eigenvalue weighted by atomic mass is 32.1. The summed E-state index contributed by atoms with van der Waals surface area (Å²) in [6, 6.07) is 5.77. The van der Waals surface area contributed by atoms with Crippen LogP contribution in [0.2, 0.25) is 0 Å². The number of carbonyl (C=O) groups is 1. The van der Waals surface area contributed by atoms with Gasteiger partial charge in [-0.05, 0) is 30.5 Å². The van der Waals surface area contributed by atoms with Gasteiger partial charge in [0.25, 0.3) is 5.91 Å². The summed E-state index contributed by atoms with van der Waals surface area (Å²) in [5, 5.41) is 0. The third-order valence-electron chi connectivity index (χ3n) is 5.39. The van der Waals surface area contributed by atoms with Gasteiger partial charge in [0.15, 0.2) is 17.2 Å². The van der Waals surface area contributed by atoms with Gasteiger partial charge in [0, 0.05) is 25.1 Å². The van der Waals surface area contributed by atoms with Crippen LogP contribution in [0.5, 0.6) is 11.5 Å². The molecule has 0 saturated carbocycles. The zero-order chi connectivity index (χ0) is 21.0. The van der Waals surface area contributed by atoms with Gasteiger partial charge in [-0.2, -0.15) is 8.75 Å². The minimum atomic E-state index is -0.142. The van der Waals surface area contributed by atoms with Crippen LogP contribution in [0, 0.1) is 5.41 Å². The third kappa shape index (κ3) is 4.91. The number of carbonyl (C=O) groups excluding carboxylic acids is 1. The van der Waals surface area contributed by atoms with E-state index < -0.39 is 0 Å². The highest BCUT2D eigenvalue weighted by molar-refractivity contribution is 6.99. The normalized spacial score (nSPS) is 19.9. The zero-order valence-electron chi connectivity index (χ0n) is 17.3. The van der Waals surface area contributed by atoms with Gasteiger partial charge in [0.05, 0.1) is 51.0 Å². The standard InChI is InChI=1S/C21H27N3O5S/c1-21(12-27-13-21)14-29-19-8-15(5-6-18(19)26-2)10-24(11-16-4-3-7-28-16)20(25)17-9-22-30-23-17/h5-6,8-9,16H,3-4,7,10-14H2,1-2H3/t16-/m0/s1. The van der Waals surface area contributed by atoms with Crippen LogP contribution in [0.25, 0.3) is 0 Å². The molecule has 9 heteroatoms. The number of ether oxygens (including phenoxy) is 4. The van der Waals surface area contributed by atoms with Crippen molar-refractivity contribution in [3.63, 3.8) is 0 Å². The van der Waals surface area contributed by atoms with Crippen LogP contribution in [0.1, 0.15) is 35.8 Å². The first-order valence-corrected chi connectivity index (χ1v) is 10.9. The highest BCUT2D eigenvalue weighted by Crippen LogP contribution is 2.33. The van der Waals surface area contributed by atoms with E-state index in [4.69, 9.17) is 18.9 Å². The molecule has 2 aliphatic rings. The first-order valence-electron chi connectivity index (χ1n) is 10.1. The van der Waals surface area contributed by atoms with E-state index in [9.17, 15) is 4.79 Å². The fourth-order valence-corrected chi connectivity index (χ4v) is 4.02. The molecule has 8 nitrogen and oxygen atoms in total. The molecule has 2 aliphatic heterocycles. The summed E-state index contributed by atoms with van der Waals surface area (Å²) in [6.07, 6.45) is 3.54. The molecule has 4 rings (SSSR count). The highest BCUT2D eigenvalue weighted by Gasteiger charge is 2.34. The van der Waals surface area contributed by atoms with Crippen LogP contribution < -0.4 is 9.47 Å². The molecule has 1 aromatic carbocycles. The molecule has 0 N–H and O–H groups in total. The predicted octanol–water partition coefficient (Wildman–Crippen LogP) is 2.78. The van der Waals surface area contributed by atoms with E-state index in [-0.39, 0.29) is 17.4 Å². The second kappa shape index (κ2) is 9.28. The van der Waals surface area contributed by atoms with Gasteiger partial charge in [-0.3, -0.25) is 4.79 Å². The summed E-state index contributed by atoms with van der Waals surface area (Å²) in [5.41, 5.74) is 1.34. The minimum absolute atomic E-state index is 0.0282. The average molecular weight is 434 g/mol. The first-order chi connectivity index (χ1) is 14.6. The van der Waals surface area contributed by atoms with Crippen LogP contribution in [0.3, 0.4) is 0 Å². The Morgan fingerprint density at radius 2 is 2.23 bits per heavy atom. The number of aromatic nitrogens is 2. The summed E-state index contributed by atoms with van der Waals surface area (Å²) in [4.78, 5) is 14.8. The Labute approximate surface area is 180 Å². The van der Waals surface area contributed by atoms with Crippen LogP contribution in [-0.4, -0.2) is 65.7 Å². The van der Waals surface area contributed by atoms with Crippen molar-refractivity contribution in [2.75, 3.05) is 40.1 Å². The molecule has 2 aromatic rings. The maximum Gasteiger partial charge on any atom is 0.275 e. The molecule has 162 valence electrons. The van der Waals surface area contributed by atoms with E-state index in [1.54, 1.807) is 12.0 Å². The van der Waals surface area contributed by atoms with E-state index in [1.165, 1.54) is 6.20 Å². The molecule has 0 bridgehead atoms. The van der Waals surface area contributed by atoms with Crippen molar-refractivity contribution in [2.45, 2.75) is 32.4 Å². The lowest BCUT2D eigenvalue weighted by Gasteiger charge is -2.37. The molecule has 1 amide bonds. The van der Waals surface area contributed by atoms with Crippen molar-refractivity contribution < 1.29 is 23.7 Å². The fraction of sp³-hybridized carbons (Fsp3) is 0.571. The molecular weight excluding hydrogens is 406 g/mol. The Hall–Kier alpha value is -2.23. The predicted molar refractivity (Wildman–Crippen MR) is 111 cm³/mol. The lowest BCUT2D eigenvalue weighted by molar-refractivity contribution is -0.120. The van der Waals surface area contributed by atoms with Gasteiger partial charge in [0.1, 0.15) is 0 Å². The molecule has 0 spiro atoms. The molecule has 1 aromatic heterocycles. The monoisotopic (exact) mass is 433 g/mol. The Morgan fingerprint density at radius 1 is 1.37 bits per heavy atom. The quantitative estimate of drug-likeness (QED) is 0.601. The molecule has 2 saturated heterocycles. The number of nitrogens with zero attached hydrogens (tertiary/aromatic N) is 3. The van der Waals surface area contributed by atoms with Crippen molar-refractivity contribution in [1.82, 2.24) is 13.6 Å². The molecular formula is C21H27N3O5S. The van der Waals surface area contributed by atoms with E-state index >= 15 is 0 Å². The molecule has 3 heterocycles. The lowest BCUT2D eigenvalue weighted by Crippen LogP contribution is -2.44. The van der Waals surface area contributed by atoms with Crippen molar-refractivity contribution in [3.8, 4) is 11.5 Å². The van der Waals surface area contributed by atoms with Crippen molar-refractivity contribution in [3.05, 3.63) is 35.7 Å². The largest absolute Gasteiger partial charge is 0.493 e. The number of hydrogen-bond donors (Lipinski definition) is 0. The second-order valence-corrected chi connectivity index (χ2v) is 8.75. The topological polar surface area (TPSA) is 83.0 Å². The fourth-order valence-electron chi connectivity index (χ4n) is 3.61. The van der Waals surface area contributed by atoms with Gasteiger partial charge < -0.3 is 23.8 Å². The summed E-state index contributed by atoms with van der Waals surface area (Å²) < 4.78 is 30.7. The maximum atomic E-state index is 13.0. The molecule has 30 heavy (non-hydrogen) atoms. The van der Waals surface area contributed by atoms with E-state index in [1.807, 2.05) is 18.2 Å². The van der Waals surface area contributed by atoms with Gasteiger partial charge in [-0.15, -0.1) is 0 Å². The molecule has 2 fully saturated rings. The lowest BCUT2D eigenvalue weighted by atomic mass is 9.90. The molecule has 1 atom stereocenters. The van der Waals surface area contributed by atoms with Crippen molar-refractivity contribution >= 4 is 17.6 Å². The molecule has 0 aliphatic carbocycles. The molecule has 0 unspecified atom stereocenters. The summed E-state index contributed by atoms with van der Waals surface area (Å²) >= 11 is 1.03. The number of amides is 1. The van der Waals surface area contributed by atoms with Crippen LogP contribution >= 0.6 is 11.7 Å². The van der Waals surface area contributed by atoms with Crippen molar-refractivity contribution in [1.29, 1.82) is 0 Å². The van der Waals surface area contributed by atoms with Gasteiger partial charge in [-0.1, -0.05) is 13.0 Å². The third-order valence-corrected chi connectivity index (χ3v) is 5.87. The number of hydrogen-bond acceptors (Lipinski definition) is 8. The van der Waals surface area contributed by atoms with E-state index in [0.717, 1.165) is 36.7 Å². The number of methoxy groups -OCH3 is 1. The van der Waals surface area contributed by atoms with Crippen LogP contribution in [-0.2, 0) is 16.0 Å². The first kappa shape index (κ1) is 21.0. The Kier molecular flexibility index (Phi) is 6.50. The summed E-state index contributed by atoms with van der Waals surface area (Å²) in [7, 11) is 1.62. The summed E-state index contributed by atoms with van der Waals surface area (Å²) in [5.74, 6) is 1.20. The van der Waals surface area contributed by atoms with Crippen LogP contribution in [0.15, 0.2) is 24.4 Å². The second-order valence-electron chi connectivity index (χ2n) is 8.19. The van der Waals surface area contributed by atoms with Gasteiger partial charge in [-0.25, -0.2) is 0 Å². The number of rotatable bonds is 9. The Balaban J connectivity index is 1.50. The smallest absolute Gasteiger partial charge is 0.275 e. The van der Waals surface area contributed by atoms with Gasteiger partial charge in [0.2, 0.25) is 0 Å². The average Bonchev–Trinajstić information content (AvgIpc) is 3.44. The SMILES string of the molecule is COc1ccc(CN(C[C@@H]2CCCO2)C(=O)c2cnsn2)cc1OCC1(C)COC1. The van der Waals surface area contributed by atoms with E-state index in [2.05, 4.69) is 15.7 Å². The van der Waals surface area contributed by atoms with Crippen molar-refractivity contribution in [2.24, 2.45) is 5.41 Å². The maximum absolute atomic E-state index is 13.0.